The molecule has 0 atom stereocenters. The summed E-state index contributed by atoms with van der Waals surface area (Å²) in [7, 11) is 0. The van der Waals surface area contributed by atoms with Crippen LogP contribution in [0.5, 0.6) is 0 Å². The lowest BCUT2D eigenvalue weighted by atomic mass is 10.2. The number of anilines is 2. The monoisotopic (exact) mass is 350 g/mol. The molecule has 1 heterocycles. The molecule has 0 aliphatic rings. The molecule has 25 heavy (non-hydrogen) atoms. The van der Waals surface area contributed by atoms with E-state index in [2.05, 4.69) is 59.9 Å². The Morgan fingerprint density at radius 3 is 2.28 bits per heavy atom. The van der Waals surface area contributed by atoms with E-state index in [1.165, 1.54) is 11.1 Å². The summed E-state index contributed by atoms with van der Waals surface area (Å²) in [6.45, 7) is 6.89. The largest absolute Gasteiger partial charge is 0.332 e. The predicted molar refractivity (Wildman–Crippen MR) is 108 cm³/mol. The van der Waals surface area contributed by atoms with E-state index in [-0.39, 0.29) is 0 Å². The third-order valence-corrected chi connectivity index (χ3v) is 4.10. The Balaban J connectivity index is 1.67. The quantitative estimate of drug-likeness (QED) is 0.671. The van der Waals surface area contributed by atoms with Crippen LogP contribution in [0.2, 0.25) is 0 Å². The average Bonchev–Trinajstić information content (AvgIpc) is 2.85. The topological polar surface area (TPSA) is 41.9 Å². The molecule has 0 fully saturated rings. The number of benzene rings is 2. The molecule has 0 bridgehead atoms. The molecule has 0 aliphatic carbocycles. The van der Waals surface area contributed by atoms with Crippen LogP contribution in [-0.2, 0) is 6.54 Å². The van der Waals surface area contributed by atoms with Crippen LogP contribution >= 0.6 is 12.2 Å². The zero-order valence-corrected chi connectivity index (χ0v) is 15.5. The number of aryl methyl sites for hydroxylation is 3. The standard InChI is InChI=1S/C20H22N4S/c1-14-6-4-8-18(10-14)21-20(25)22-19-9-5-7-17(12-19)13-24-16(3)11-15(2)23-24/h4-12H,13H2,1-3H3,(H2,21,22,25). The number of nitrogens with one attached hydrogen (secondary N) is 2. The summed E-state index contributed by atoms with van der Waals surface area (Å²) in [6.07, 6.45) is 0. The number of hydrogen-bond donors (Lipinski definition) is 2. The van der Waals surface area contributed by atoms with Crippen LogP contribution in [0.15, 0.2) is 54.6 Å². The summed E-state index contributed by atoms with van der Waals surface area (Å²) in [5.41, 5.74) is 6.51. The third kappa shape index (κ3) is 4.67. The number of nitrogens with zero attached hydrogens (tertiary/aromatic N) is 2. The molecule has 2 N–H and O–H groups in total. The molecular weight excluding hydrogens is 328 g/mol. The number of aromatic nitrogens is 2. The maximum Gasteiger partial charge on any atom is 0.175 e. The minimum atomic E-state index is 0.578. The first-order valence-electron chi connectivity index (χ1n) is 8.24. The van der Waals surface area contributed by atoms with Crippen LogP contribution in [0.25, 0.3) is 0 Å². The summed E-state index contributed by atoms with van der Waals surface area (Å²) in [6, 6.07) is 18.4. The molecule has 1 aromatic heterocycles. The normalized spacial score (nSPS) is 10.5. The highest BCUT2D eigenvalue weighted by molar-refractivity contribution is 7.80. The summed E-state index contributed by atoms with van der Waals surface area (Å²) in [5, 5.41) is 11.6. The fourth-order valence-corrected chi connectivity index (χ4v) is 3.01. The van der Waals surface area contributed by atoms with E-state index in [9.17, 15) is 0 Å². The van der Waals surface area contributed by atoms with Gasteiger partial charge in [0.1, 0.15) is 0 Å². The van der Waals surface area contributed by atoms with E-state index >= 15 is 0 Å². The molecule has 5 heteroatoms. The second-order valence-electron chi connectivity index (χ2n) is 6.23. The van der Waals surface area contributed by atoms with Crippen LogP contribution in [0, 0.1) is 20.8 Å². The lowest BCUT2D eigenvalue weighted by molar-refractivity contribution is 0.659. The van der Waals surface area contributed by atoms with Gasteiger partial charge in [0.25, 0.3) is 0 Å². The highest BCUT2D eigenvalue weighted by atomic mass is 32.1. The summed E-state index contributed by atoms with van der Waals surface area (Å²) >= 11 is 5.42. The number of hydrogen-bond acceptors (Lipinski definition) is 2. The molecule has 3 aromatic rings. The molecule has 4 nitrogen and oxygen atoms in total. The second kappa shape index (κ2) is 7.49. The van der Waals surface area contributed by atoms with Crippen molar-refractivity contribution < 1.29 is 0 Å². The number of rotatable bonds is 4. The minimum Gasteiger partial charge on any atom is -0.332 e. The van der Waals surface area contributed by atoms with Crippen molar-refractivity contribution in [2.75, 3.05) is 10.6 Å². The lowest BCUT2D eigenvalue weighted by Gasteiger charge is -2.12. The predicted octanol–water partition coefficient (Wildman–Crippen LogP) is 4.67. The van der Waals surface area contributed by atoms with E-state index < -0.39 is 0 Å². The Bertz CT molecular complexity index is 898. The molecule has 2 aromatic carbocycles. The first-order valence-corrected chi connectivity index (χ1v) is 8.65. The van der Waals surface area contributed by atoms with Gasteiger partial charge < -0.3 is 10.6 Å². The van der Waals surface area contributed by atoms with Gasteiger partial charge in [0.05, 0.1) is 12.2 Å². The Labute approximate surface area is 153 Å². The molecule has 128 valence electrons. The van der Waals surface area contributed by atoms with Crippen molar-refractivity contribution in [1.29, 1.82) is 0 Å². The maximum absolute atomic E-state index is 5.42. The van der Waals surface area contributed by atoms with Crippen molar-refractivity contribution in [2.24, 2.45) is 0 Å². The zero-order valence-electron chi connectivity index (χ0n) is 14.7. The van der Waals surface area contributed by atoms with Crippen LogP contribution in [0.1, 0.15) is 22.5 Å². The van der Waals surface area contributed by atoms with Crippen molar-refractivity contribution in [3.8, 4) is 0 Å². The molecule has 0 saturated carbocycles. The van der Waals surface area contributed by atoms with Gasteiger partial charge in [-0.1, -0.05) is 24.3 Å². The van der Waals surface area contributed by atoms with E-state index in [1.807, 2.05) is 35.9 Å². The van der Waals surface area contributed by atoms with Gasteiger partial charge in [0, 0.05) is 17.1 Å². The molecular formula is C20H22N4S. The van der Waals surface area contributed by atoms with Gasteiger partial charge >= 0.3 is 0 Å². The summed E-state index contributed by atoms with van der Waals surface area (Å²) in [4.78, 5) is 0. The van der Waals surface area contributed by atoms with Crippen LogP contribution in [0.3, 0.4) is 0 Å². The Morgan fingerprint density at radius 1 is 0.960 bits per heavy atom. The zero-order chi connectivity index (χ0) is 17.8. The van der Waals surface area contributed by atoms with E-state index in [4.69, 9.17) is 12.2 Å². The van der Waals surface area contributed by atoms with Gasteiger partial charge in [-0.2, -0.15) is 5.10 Å². The Hall–Kier alpha value is -2.66. The fraction of sp³-hybridized carbons (Fsp3) is 0.200. The molecule has 0 aliphatic heterocycles. The third-order valence-electron chi connectivity index (χ3n) is 3.90. The van der Waals surface area contributed by atoms with Crippen molar-refractivity contribution in [3.63, 3.8) is 0 Å². The Morgan fingerprint density at radius 2 is 1.64 bits per heavy atom. The van der Waals surface area contributed by atoms with Crippen LogP contribution < -0.4 is 10.6 Å². The van der Waals surface area contributed by atoms with Gasteiger partial charge in [0.15, 0.2) is 5.11 Å². The fourth-order valence-electron chi connectivity index (χ4n) is 2.77. The summed E-state index contributed by atoms with van der Waals surface area (Å²) in [5.74, 6) is 0. The molecule has 0 radical (unpaired) electrons. The first-order chi connectivity index (χ1) is 12.0. The van der Waals surface area contributed by atoms with E-state index in [0.29, 0.717) is 5.11 Å². The smallest absolute Gasteiger partial charge is 0.175 e. The van der Waals surface area contributed by atoms with E-state index in [0.717, 1.165) is 29.3 Å². The highest BCUT2D eigenvalue weighted by Crippen LogP contribution is 2.15. The van der Waals surface area contributed by atoms with Crippen molar-refractivity contribution in [3.05, 3.63) is 77.1 Å². The Kier molecular flexibility index (Phi) is 5.14. The van der Waals surface area contributed by atoms with Crippen LogP contribution in [-0.4, -0.2) is 14.9 Å². The molecule has 0 spiro atoms. The van der Waals surface area contributed by atoms with Crippen molar-refractivity contribution in [1.82, 2.24) is 9.78 Å². The van der Waals surface area contributed by atoms with Gasteiger partial charge in [0.2, 0.25) is 0 Å². The highest BCUT2D eigenvalue weighted by Gasteiger charge is 2.04. The SMILES string of the molecule is Cc1cccc(NC(=S)Nc2cccc(Cn3nc(C)cc3C)c2)c1. The summed E-state index contributed by atoms with van der Waals surface area (Å²) < 4.78 is 2.01. The second-order valence-corrected chi connectivity index (χ2v) is 6.64. The van der Waals surface area contributed by atoms with E-state index in [1.54, 1.807) is 0 Å². The van der Waals surface area contributed by atoms with Crippen LogP contribution in [0.4, 0.5) is 11.4 Å². The van der Waals surface area contributed by atoms with Gasteiger partial charge in [-0.05, 0) is 74.4 Å². The molecule has 0 amide bonds. The number of thiocarbonyl (C=S) groups is 1. The van der Waals surface area contributed by atoms with Gasteiger partial charge in [-0.25, -0.2) is 0 Å². The molecule has 3 rings (SSSR count). The van der Waals surface area contributed by atoms with Gasteiger partial charge in [-0.15, -0.1) is 0 Å². The maximum atomic E-state index is 5.42. The van der Waals surface area contributed by atoms with Crippen molar-refractivity contribution in [2.45, 2.75) is 27.3 Å². The minimum absolute atomic E-state index is 0.578. The lowest BCUT2D eigenvalue weighted by Crippen LogP contribution is -2.19. The van der Waals surface area contributed by atoms with Gasteiger partial charge in [-0.3, -0.25) is 4.68 Å². The molecule has 0 unspecified atom stereocenters. The van der Waals surface area contributed by atoms with Crippen molar-refractivity contribution >= 4 is 28.7 Å². The first kappa shape index (κ1) is 17.2. The average molecular weight is 350 g/mol. The molecule has 0 saturated heterocycles.